The number of halogens is 1. The van der Waals surface area contributed by atoms with Crippen LogP contribution in [0.2, 0.25) is 0 Å². The summed E-state index contributed by atoms with van der Waals surface area (Å²) in [6, 6.07) is 6.66. The highest BCUT2D eigenvalue weighted by Crippen LogP contribution is 2.28. The molecule has 1 unspecified atom stereocenters. The van der Waals surface area contributed by atoms with E-state index in [1.54, 1.807) is 18.2 Å². The van der Waals surface area contributed by atoms with Gasteiger partial charge < -0.3 is 10.4 Å². The first kappa shape index (κ1) is 16.0. The van der Waals surface area contributed by atoms with Gasteiger partial charge in [0.05, 0.1) is 5.60 Å². The van der Waals surface area contributed by atoms with Crippen LogP contribution in [0.5, 0.6) is 0 Å². The summed E-state index contributed by atoms with van der Waals surface area (Å²) >= 11 is 0. The lowest BCUT2D eigenvalue weighted by molar-refractivity contribution is -0.125. The van der Waals surface area contributed by atoms with Crippen LogP contribution in [0.4, 0.5) is 4.39 Å². The third-order valence-electron chi connectivity index (χ3n) is 4.38. The van der Waals surface area contributed by atoms with Crippen LogP contribution in [-0.2, 0) is 11.2 Å². The first-order valence-corrected chi connectivity index (χ1v) is 7.74. The van der Waals surface area contributed by atoms with Crippen molar-refractivity contribution in [3.8, 4) is 0 Å². The first-order valence-electron chi connectivity index (χ1n) is 7.74. The molecule has 0 aromatic heterocycles. The second kappa shape index (κ2) is 7.03. The molecule has 1 amide bonds. The fourth-order valence-electron chi connectivity index (χ4n) is 2.84. The van der Waals surface area contributed by atoms with Gasteiger partial charge in [-0.15, -0.1) is 0 Å². The van der Waals surface area contributed by atoms with Crippen LogP contribution < -0.4 is 5.32 Å². The second-order valence-corrected chi connectivity index (χ2v) is 6.18. The molecule has 3 nitrogen and oxygen atoms in total. The minimum Gasteiger partial charge on any atom is -0.388 e. The Balaban J connectivity index is 1.76. The molecule has 1 saturated carbocycles. The molecular formula is C17H24FNO2. The summed E-state index contributed by atoms with van der Waals surface area (Å²) in [5, 5.41) is 13.0. The standard InChI is InChI=1S/C17H24FNO2/c1-13(8-9-14-6-2-3-7-15(14)18)16(20)19-12-17(21)10-4-5-11-17/h2-3,6-7,13,21H,4-5,8-12H2,1H3,(H,19,20). The van der Waals surface area contributed by atoms with E-state index in [1.807, 2.05) is 6.92 Å². The smallest absolute Gasteiger partial charge is 0.222 e. The topological polar surface area (TPSA) is 49.3 Å². The number of aryl methyl sites for hydroxylation is 1. The van der Waals surface area contributed by atoms with Gasteiger partial charge in [-0.1, -0.05) is 38.0 Å². The van der Waals surface area contributed by atoms with Crippen molar-refractivity contribution in [2.45, 2.75) is 51.0 Å². The summed E-state index contributed by atoms with van der Waals surface area (Å²) in [5.74, 6) is -0.466. The van der Waals surface area contributed by atoms with Crippen LogP contribution in [0.15, 0.2) is 24.3 Å². The lowest BCUT2D eigenvalue weighted by atomic mass is 9.98. The highest BCUT2D eigenvalue weighted by molar-refractivity contribution is 5.78. The van der Waals surface area contributed by atoms with Gasteiger partial charge in [-0.2, -0.15) is 0 Å². The Labute approximate surface area is 125 Å². The third-order valence-corrected chi connectivity index (χ3v) is 4.38. The van der Waals surface area contributed by atoms with Gasteiger partial charge in [-0.05, 0) is 37.3 Å². The Morgan fingerprint density at radius 3 is 2.71 bits per heavy atom. The fourth-order valence-corrected chi connectivity index (χ4v) is 2.84. The molecule has 4 heteroatoms. The van der Waals surface area contributed by atoms with Gasteiger partial charge in [0.2, 0.25) is 5.91 Å². The van der Waals surface area contributed by atoms with Crippen LogP contribution in [0, 0.1) is 11.7 Å². The number of carbonyl (C=O) groups is 1. The normalized spacial score (nSPS) is 18.4. The Morgan fingerprint density at radius 2 is 2.05 bits per heavy atom. The van der Waals surface area contributed by atoms with Crippen molar-refractivity contribution >= 4 is 5.91 Å². The van der Waals surface area contributed by atoms with E-state index in [0.29, 0.717) is 24.9 Å². The summed E-state index contributed by atoms with van der Waals surface area (Å²) in [5.41, 5.74) is -0.0763. The van der Waals surface area contributed by atoms with E-state index >= 15 is 0 Å². The van der Waals surface area contributed by atoms with Gasteiger partial charge >= 0.3 is 0 Å². The third kappa shape index (κ3) is 4.53. The second-order valence-electron chi connectivity index (χ2n) is 6.18. The summed E-state index contributed by atoms with van der Waals surface area (Å²) in [7, 11) is 0. The molecule has 1 atom stereocenters. The van der Waals surface area contributed by atoms with Crippen molar-refractivity contribution in [2.24, 2.45) is 5.92 Å². The monoisotopic (exact) mass is 293 g/mol. The van der Waals surface area contributed by atoms with Crippen molar-refractivity contribution < 1.29 is 14.3 Å². The number of rotatable bonds is 6. The quantitative estimate of drug-likeness (QED) is 0.847. The zero-order chi connectivity index (χ0) is 15.3. The average molecular weight is 293 g/mol. The maximum atomic E-state index is 13.5. The minimum atomic E-state index is -0.721. The number of aliphatic hydroxyl groups is 1. The van der Waals surface area contributed by atoms with Gasteiger partial charge in [0.25, 0.3) is 0 Å². The van der Waals surface area contributed by atoms with Gasteiger partial charge in [0.15, 0.2) is 0 Å². The summed E-state index contributed by atoms with van der Waals surface area (Å²) in [6.45, 7) is 2.17. The van der Waals surface area contributed by atoms with Gasteiger partial charge in [0.1, 0.15) is 5.82 Å². The Bertz CT molecular complexity index is 483. The lowest BCUT2D eigenvalue weighted by Gasteiger charge is -2.23. The molecule has 1 aliphatic carbocycles. The van der Waals surface area contributed by atoms with Crippen LogP contribution in [0.1, 0.15) is 44.6 Å². The molecule has 1 aliphatic rings. The van der Waals surface area contributed by atoms with Gasteiger partial charge in [-0.3, -0.25) is 4.79 Å². The highest BCUT2D eigenvalue weighted by Gasteiger charge is 2.31. The molecule has 0 spiro atoms. The van der Waals surface area contributed by atoms with Crippen LogP contribution in [0.25, 0.3) is 0 Å². The summed E-state index contributed by atoms with van der Waals surface area (Å²) in [4.78, 5) is 12.0. The van der Waals surface area contributed by atoms with E-state index < -0.39 is 5.60 Å². The number of benzene rings is 1. The van der Waals surface area contributed by atoms with E-state index in [4.69, 9.17) is 0 Å². The van der Waals surface area contributed by atoms with Crippen molar-refractivity contribution in [1.29, 1.82) is 0 Å². The predicted octanol–water partition coefficient (Wildman–Crippen LogP) is 2.82. The molecule has 2 rings (SSSR count). The number of hydrogen-bond donors (Lipinski definition) is 2. The molecule has 0 heterocycles. The number of amides is 1. The maximum Gasteiger partial charge on any atom is 0.222 e. The lowest BCUT2D eigenvalue weighted by Crippen LogP contribution is -2.42. The zero-order valence-corrected chi connectivity index (χ0v) is 12.6. The van der Waals surface area contributed by atoms with Crippen molar-refractivity contribution in [2.75, 3.05) is 6.54 Å². The predicted molar refractivity (Wildman–Crippen MR) is 80.3 cm³/mol. The van der Waals surface area contributed by atoms with E-state index in [1.165, 1.54) is 6.07 Å². The van der Waals surface area contributed by atoms with Crippen molar-refractivity contribution in [1.82, 2.24) is 5.32 Å². The number of hydrogen-bond acceptors (Lipinski definition) is 2. The van der Waals surface area contributed by atoms with E-state index in [2.05, 4.69) is 5.32 Å². The van der Waals surface area contributed by atoms with E-state index in [9.17, 15) is 14.3 Å². The molecular weight excluding hydrogens is 269 g/mol. The molecule has 1 aromatic rings. The average Bonchev–Trinajstić information content (AvgIpc) is 2.91. The van der Waals surface area contributed by atoms with Crippen LogP contribution in [-0.4, -0.2) is 23.2 Å². The summed E-state index contributed by atoms with van der Waals surface area (Å²) < 4.78 is 13.5. The van der Waals surface area contributed by atoms with Crippen LogP contribution >= 0.6 is 0 Å². The van der Waals surface area contributed by atoms with E-state index in [0.717, 1.165) is 25.7 Å². The Hall–Kier alpha value is -1.42. The fraction of sp³-hybridized carbons (Fsp3) is 0.588. The molecule has 2 N–H and O–H groups in total. The molecule has 1 aromatic carbocycles. The van der Waals surface area contributed by atoms with Gasteiger partial charge in [0, 0.05) is 12.5 Å². The molecule has 21 heavy (non-hydrogen) atoms. The molecule has 116 valence electrons. The summed E-state index contributed by atoms with van der Waals surface area (Å²) in [6.07, 6.45) is 4.72. The molecule has 1 fully saturated rings. The SMILES string of the molecule is CC(CCc1ccccc1F)C(=O)NCC1(O)CCCC1. The van der Waals surface area contributed by atoms with Crippen molar-refractivity contribution in [3.63, 3.8) is 0 Å². The number of carbonyl (C=O) groups excluding carboxylic acids is 1. The van der Waals surface area contributed by atoms with Crippen molar-refractivity contribution in [3.05, 3.63) is 35.6 Å². The van der Waals surface area contributed by atoms with E-state index in [-0.39, 0.29) is 17.6 Å². The Morgan fingerprint density at radius 1 is 1.38 bits per heavy atom. The maximum absolute atomic E-state index is 13.5. The first-order chi connectivity index (χ1) is 10.0. The molecule has 0 aliphatic heterocycles. The van der Waals surface area contributed by atoms with Gasteiger partial charge in [-0.25, -0.2) is 4.39 Å². The molecule has 0 saturated heterocycles. The highest BCUT2D eigenvalue weighted by atomic mass is 19.1. The molecule has 0 bridgehead atoms. The largest absolute Gasteiger partial charge is 0.388 e. The van der Waals surface area contributed by atoms with Crippen LogP contribution in [0.3, 0.4) is 0 Å². The zero-order valence-electron chi connectivity index (χ0n) is 12.6. The number of nitrogens with one attached hydrogen (secondary N) is 1. The molecule has 0 radical (unpaired) electrons. The minimum absolute atomic E-state index is 0.0633. The Kier molecular flexibility index (Phi) is 5.34.